The molecule has 2 aromatic carbocycles. The molecule has 0 saturated carbocycles. The summed E-state index contributed by atoms with van der Waals surface area (Å²) in [5.41, 5.74) is -4.60. The van der Waals surface area contributed by atoms with E-state index in [-0.39, 0.29) is 11.3 Å². The Hall–Kier alpha value is -2.22. The topological polar surface area (TPSA) is 59.2 Å². The molecule has 0 aliphatic rings. The van der Waals surface area contributed by atoms with Gasteiger partial charge in [-0.3, -0.25) is 0 Å². The smallest absolute Gasteiger partial charge is 0.374 e. The summed E-state index contributed by atoms with van der Waals surface area (Å²) in [6, 6.07) is 11.3. The number of halogens is 3. The van der Waals surface area contributed by atoms with Crippen LogP contribution in [0.15, 0.2) is 42.5 Å². The van der Waals surface area contributed by atoms with Gasteiger partial charge in [-0.15, -0.1) is 0 Å². The Morgan fingerprint density at radius 1 is 0.952 bits per heavy atom. The van der Waals surface area contributed by atoms with Crippen molar-refractivity contribution in [2.75, 3.05) is 0 Å². The van der Waals surface area contributed by atoms with Gasteiger partial charge in [-0.1, -0.05) is 30.3 Å². The first-order valence-electron chi connectivity index (χ1n) is 5.80. The maximum absolute atomic E-state index is 12.4. The summed E-state index contributed by atoms with van der Waals surface area (Å²) in [4.78, 5) is 2.86. The van der Waals surface area contributed by atoms with Crippen LogP contribution in [0.5, 0.6) is 5.75 Å². The lowest BCUT2D eigenvalue weighted by atomic mass is 10.1. The van der Waals surface area contributed by atoms with Gasteiger partial charge in [0.25, 0.3) is 0 Å². The highest BCUT2D eigenvalue weighted by Gasteiger charge is 2.48. The molecule has 1 N–H and O–H groups in total. The second-order valence-electron chi connectivity index (χ2n) is 4.33. The molecule has 0 amide bonds. The van der Waals surface area contributed by atoms with Crippen LogP contribution in [0.3, 0.4) is 0 Å². The van der Waals surface area contributed by atoms with Crippen LogP contribution in [0.4, 0.5) is 13.2 Å². The Bertz CT molecular complexity index is 929. The van der Waals surface area contributed by atoms with E-state index in [1.807, 2.05) is 0 Å². The Morgan fingerprint density at radius 2 is 1.62 bits per heavy atom. The number of hydrogen-bond donors (Lipinski definition) is 1. The molecule has 0 spiro atoms. The van der Waals surface area contributed by atoms with Crippen LogP contribution in [0.2, 0.25) is 0 Å². The van der Waals surface area contributed by atoms with Crippen LogP contribution in [-0.4, -0.2) is 18.9 Å². The number of aromatic nitrogens is 1. The zero-order chi connectivity index (χ0) is 15.3. The monoisotopic (exact) mass is 315 g/mol. The molecule has 0 atom stereocenters. The molecule has 0 bridgehead atoms. The third-order valence-corrected chi connectivity index (χ3v) is 3.95. The highest BCUT2D eigenvalue weighted by Crippen LogP contribution is 2.34. The second kappa shape index (κ2) is 4.39. The van der Waals surface area contributed by atoms with Crippen LogP contribution >= 0.6 is 0 Å². The van der Waals surface area contributed by atoms with Gasteiger partial charge >= 0.3 is 15.6 Å². The number of para-hydroxylation sites is 2. The van der Waals surface area contributed by atoms with E-state index >= 15 is 0 Å². The van der Waals surface area contributed by atoms with Crippen LogP contribution in [0, 0.1) is 0 Å². The first-order chi connectivity index (χ1) is 9.79. The number of fused-ring (bicyclic) bond motifs is 3. The van der Waals surface area contributed by atoms with Crippen molar-refractivity contribution in [2.45, 2.75) is 5.51 Å². The number of benzene rings is 2. The molecule has 110 valence electrons. The summed E-state index contributed by atoms with van der Waals surface area (Å²) in [5.74, 6) is -0.388. The summed E-state index contributed by atoms with van der Waals surface area (Å²) in [6.45, 7) is 0. The van der Waals surface area contributed by atoms with E-state index in [1.54, 1.807) is 30.3 Å². The van der Waals surface area contributed by atoms with Crippen LogP contribution in [0.25, 0.3) is 21.8 Å². The summed E-state index contributed by atoms with van der Waals surface area (Å²) < 4.78 is 63.7. The third-order valence-electron chi connectivity index (χ3n) is 2.99. The van der Waals surface area contributed by atoms with Crippen molar-refractivity contribution >= 4 is 31.9 Å². The number of aromatic amines is 1. The van der Waals surface area contributed by atoms with Gasteiger partial charge in [0.05, 0.1) is 5.52 Å². The first kappa shape index (κ1) is 13.7. The Kier molecular flexibility index (Phi) is 2.87. The van der Waals surface area contributed by atoms with Gasteiger partial charge < -0.3 is 9.17 Å². The fourth-order valence-corrected chi connectivity index (χ4v) is 2.55. The van der Waals surface area contributed by atoms with Gasteiger partial charge in [-0.25, -0.2) is 0 Å². The Balaban J connectivity index is 2.21. The lowest BCUT2D eigenvalue weighted by molar-refractivity contribution is -0.0499. The fraction of sp³-hybridized carbons (Fsp3) is 0.0769. The molecule has 0 aliphatic carbocycles. The zero-order valence-electron chi connectivity index (χ0n) is 10.3. The lowest BCUT2D eigenvalue weighted by Gasteiger charge is -2.09. The third kappa shape index (κ3) is 2.21. The lowest BCUT2D eigenvalue weighted by Crippen LogP contribution is -2.28. The molecule has 1 heterocycles. The highest BCUT2D eigenvalue weighted by atomic mass is 32.2. The summed E-state index contributed by atoms with van der Waals surface area (Å²) in [5, 5.41) is 1.35. The molecule has 0 saturated heterocycles. The average molecular weight is 315 g/mol. The van der Waals surface area contributed by atoms with Gasteiger partial charge in [-0.2, -0.15) is 21.6 Å². The molecule has 8 heteroatoms. The predicted molar refractivity (Wildman–Crippen MR) is 71.4 cm³/mol. The van der Waals surface area contributed by atoms with Crippen molar-refractivity contribution in [3.8, 4) is 5.75 Å². The highest BCUT2D eigenvalue weighted by molar-refractivity contribution is 7.88. The summed E-state index contributed by atoms with van der Waals surface area (Å²) in [7, 11) is -5.70. The van der Waals surface area contributed by atoms with Crippen molar-refractivity contribution in [3.63, 3.8) is 0 Å². The van der Waals surface area contributed by atoms with Crippen molar-refractivity contribution < 1.29 is 25.8 Å². The van der Waals surface area contributed by atoms with E-state index in [4.69, 9.17) is 0 Å². The summed E-state index contributed by atoms with van der Waals surface area (Å²) >= 11 is 0. The number of nitrogens with one attached hydrogen (secondary N) is 1. The largest absolute Gasteiger partial charge is 0.534 e. The number of rotatable bonds is 2. The minimum absolute atomic E-state index is 0.200. The molecule has 3 aromatic rings. The second-order valence-corrected chi connectivity index (χ2v) is 5.87. The van der Waals surface area contributed by atoms with Crippen LogP contribution in [-0.2, 0) is 10.1 Å². The quantitative estimate of drug-likeness (QED) is 0.581. The molecule has 21 heavy (non-hydrogen) atoms. The van der Waals surface area contributed by atoms with E-state index in [9.17, 15) is 21.6 Å². The molecular formula is C13H8F3NO3S. The van der Waals surface area contributed by atoms with Gasteiger partial charge in [-0.05, 0) is 12.1 Å². The maximum atomic E-state index is 12.4. The van der Waals surface area contributed by atoms with E-state index in [2.05, 4.69) is 9.17 Å². The normalized spacial score (nSPS) is 12.9. The minimum Gasteiger partial charge on any atom is -0.374 e. The van der Waals surface area contributed by atoms with E-state index in [0.717, 1.165) is 5.39 Å². The molecule has 1 aromatic heterocycles. The van der Waals surface area contributed by atoms with Gasteiger partial charge in [0.1, 0.15) is 0 Å². The van der Waals surface area contributed by atoms with Crippen molar-refractivity contribution in [1.29, 1.82) is 0 Å². The molecule has 0 radical (unpaired) electrons. The van der Waals surface area contributed by atoms with Gasteiger partial charge in [0.2, 0.25) is 0 Å². The van der Waals surface area contributed by atoms with Crippen LogP contribution < -0.4 is 4.18 Å². The Labute approximate surface area is 117 Å². The van der Waals surface area contributed by atoms with Crippen molar-refractivity contribution in [3.05, 3.63) is 42.5 Å². The van der Waals surface area contributed by atoms with E-state index in [1.165, 1.54) is 12.1 Å². The average Bonchev–Trinajstić information content (AvgIpc) is 2.77. The minimum atomic E-state index is -5.70. The van der Waals surface area contributed by atoms with Crippen molar-refractivity contribution in [1.82, 2.24) is 4.98 Å². The van der Waals surface area contributed by atoms with E-state index in [0.29, 0.717) is 10.9 Å². The number of H-pyrrole nitrogens is 1. The van der Waals surface area contributed by atoms with E-state index < -0.39 is 15.6 Å². The van der Waals surface area contributed by atoms with Gasteiger partial charge in [0, 0.05) is 16.3 Å². The standard InChI is InChI=1S/C13H8F3NO3S/c14-13(15,16)21(18,19)20-11-7-3-5-9-8-4-1-2-6-10(8)17-12(9)11/h1-7,17H. The van der Waals surface area contributed by atoms with Gasteiger partial charge in [0.15, 0.2) is 5.75 Å². The van der Waals surface area contributed by atoms with Crippen LogP contribution in [0.1, 0.15) is 0 Å². The molecule has 0 fully saturated rings. The fourth-order valence-electron chi connectivity index (χ4n) is 2.08. The zero-order valence-corrected chi connectivity index (χ0v) is 11.1. The molecule has 4 nitrogen and oxygen atoms in total. The SMILES string of the molecule is O=S(=O)(Oc1cccc2c1[nH]c1ccccc12)C(F)(F)F. The first-order valence-corrected chi connectivity index (χ1v) is 7.20. The van der Waals surface area contributed by atoms with Crippen molar-refractivity contribution in [2.24, 2.45) is 0 Å². The Morgan fingerprint density at radius 3 is 2.33 bits per heavy atom. The molecular weight excluding hydrogens is 307 g/mol. The molecule has 0 aliphatic heterocycles. The summed E-state index contributed by atoms with van der Waals surface area (Å²) in [6.07, 6.45) is 0. The molecule has 0 unspecified atom stereocenters. The molecule has 3 rings (SSSR count). The predicted octanol–water partition coefficient (Wildman–Crippen LogP) is 3.55. The number of alkyl halides is 3. The number of hydrogen-bond acceptors (Lipinski definition) is 3. The maximum Gasteiger partial charge on any atom is 0.534 e.